The molecule has 1 unspecified atom stereocenters. The van der Waals surface area contributed by atoms with Crippen molar-refractivity contribution in [3.05, 3.63) is 78.1 Å². The summed E-state index contributed by atoms with van der Waals surface area (Å²) in [5.41, 5.74) is 3.06. The number of hydrogen-bond acceptors (Lipinski definition) is 5. The first-order valence-electron chi connectivity index (χ1n) is 9.73. The number of nitrogens with zero attached hydrogens (tertiary/aromatic N) is 3. The van der Waals surface area contributed by atoms with Crippen LogP contribution in [0.15, 0.2) is 66.3 Å². The zero-order valence-electron chi connectivity index (χ0n) is 17.5. The lowest BCUT2D eigenvalue weighted by Crippen LogP contribution is -2.15. The van der Waals surface area contributed by atoms with E-state index in [4.69, 9.17) is 4.74 Å². The van der Waals surface area contributed by atoms with Crippen molar-refractivity contribution in [2.45, 2.75) is 38.6 Å². The summed E-state index contributed by atoms with van der Waals surface area (Å²) in [5, 5.41) is 12.1. The fourth-order valence-electron chi connectivity index (χ4n) is 2.93. The number of rotatable bonds is 9. The average molecular weight is 423 g/mol. The van der Waals surface area contributed by atoms with E-state index in [1.807, 2.05) is 73.9 Å². The average Bonchev–Trinajstić information content (AvgIpc) is 3.11. The van der Waals surface area contributed by atoms with Crippen LogP contribution in [-0.2, 0) is 11.3 Å². The number of ether oxygens (including phenoxy) is 1. The third-order valence-electron chi connectivity index (χ3n) is 4.39. The zero-order valence-corrected chi connectivity index (χ0v) is 18.3. The lowest BCUT2D eigenvalue weighted by molar-refractivity contribution is -0.113. The highest BCUT2D eigenvalue weighted by Crippen LogP contribution is 2.25. The Balaban J connectivity index is 1.66. The van der Waals surface area contributed by atoms with Crippen LogP contribution in [0.5, 0.6) is 5.75 Å². The molecule has 30 heavy (non-hydrogen) atoms. The molecule has 0 saturated carbocycles. The lowest BCUT2D eigenvalue weighted by atomic mass is 10.2. The van der Waals surface area contributed by atoms with Gasteiger partial charge in [0.25, 0.3) is 0 Å². The molecule has 0 aliphatic heterocycles. The summed E-state index contributed by atoms with van der Waals surface area (Å²) < 4.78 is 7.95. The number of hydrogen-bond donors (Lipinski definition) is 1. The van der Waals surface area contributed by atoms with Crippen LogP contribution in [0, 0.1) is 13.8 Å². The molecule has 3 rings (SSSR count). The zero-order chi connectivity index (χ0) is 21.5. The summed E-state index contributed by atoms with van der Waals surface area (Å²) in [6.45, 7) is 10.3. The minimum atomic E-state index is -0.296. The molecule has 6 nitrogen and oxygen atoms in total. The Morgan fingerprint density at radius 3 is 2.67 bits per heavy atom. The molecule has 0 bridgehead atoms. The van der Waals surface area contributed by atoms with Crippen molar-refractivity contribution >= 4 is 23.4 Å². The number of aromatic nitrogens is 3. The molecule has 0 saturated heterocycles. The minimum absolute atomic E-state index is 0.0933. The summed E-state index contributed by atoms with van der Waals surface area (Å²) in [5.74, 6) is 1.60. The Morgan fingerprint density at radius 2 is 1.97 bits per heavy atom. The maximum atomic E-state index is 12.3. The summed E-state index contributed by atoms with van der Waals surface area (Å²) in [6.07, 6.45) is 1.48. The molecule has 1 heterocycles. The standard InChI is InChI=1S/C23H26N4O2S/c1-5-13-27-22(18(4)29-20-11-9-16(2)10-12-20)25-26-23(27)30-15-21(28)24-19-8-6-7-17(3)14-19/h5-12,14,18H,1,13,15H2,2-4H3,(H,24,28). The van der Waals surface area contributed by atoms with Gasteiger partial charge in [-0.05, 0) is 50.6 Å². The Bertz CT molecular complexity index is 1010. The molecule has 2 aromatic carbocycles. The van der Waals surface area contributed by atoms with Gasteiger partial charge < -0.3 is 10.1 Å². The molecule has 0 aliphatic carbocycles. The van der Waals surface area contributed by atoms with Gasteiger partial charge in [-0.15, -0.1) is 16.8 Å². The van der Waals surface area contributed by atoms with Crippen molar-refractivity contribution in [2.75, 3.05) is 11.1 Å². The minimum Gasteiger partial charge on any atom is -0.483 e. The van der Waals surface area contributed by atoms with E-state index in [0.29, 0.717) is 17.5 Å². The number of aryl methyl sites for hydroxylation is 2. The van der Waals surface area contributed by atoms with Crippen molar-refractivity contribution in [1.82, 2.24) is 14.8 Å². The smallest absolute Gasteiger partial charge is 0.234 e. The van der Waals surface area contributed by atoms with Crippen LogP contribution in [0.3, 0.4) is 0 Å². The molecule has 1 atom stereocenters. The second-order valence-corrected chi connectivity index (χ2v) is 7.96. The molecule has 3 aromatic rings. The van der Waals surface area contributed by atoms with Gasteiger partial charge in [-0.2, -0.15) is 0 Å². The molecule has 0 spiro atoms. The number of anilines is 1. The third kappa shape index (κ3) is 5.73. The molecule has 0 aliphatic rings. The number of carbonyl (C=O) groups excluding carboxylic acids is 1. The molecule has 1 amide bonds. The molecule has 0 radical (unpaired) electrons. The number of nitrogens with one attached hydrogen (secondary N) is 1. The van der Waals surface area contributed by atoms with Crippen LogP contribution in [0.1, 0.15) is 30.0 Å². The van der Waals surface area contributed by atoms with E-state index in [1.165, 1.54) is 17.3 Å². The molecule has 1 N–H and O–H groups in total. The van der Waals surface area contributed by atoms with Crippen molar-refractivity contribution in [3.63, 3.8) is 0 Å². The number of thioether (sulfide) groups is 1. The Kier molecular flexibility index (Phi) is 7.30. The normalized spacial score (nSPS) is 11.7. The Morgan fingerprint density at radius 1 is 1.20 bits per heavy atom. The van der Waals surface area contributed by atoms with Crippen LogP contribution >= 0.6 is 11.8 Å². The second-order valence-electron chi connectivity index (χ2n) is 7.02. The van der Waals surface area contributed by atoms with Crippen LogP contribution < -0.4 is 10.1 Å². The first kappa shape index (κ1) is 21.6. The largest absolute Gasteiger partial charge is 0.483 e. The number of allylic oxidation sites excluding steroid dienone is 1. The van der Waals surface area contributed by atoms with E-state index in [0.717, 1.165) is 17.0 Å². The van der Waals surface area contributed by atoms with Gasteiger partial charge in [-0.1, -0.05) is 47.7 Å². The van der Waals surface area contributed by atoms with Gasteiger partial charge >= 0.3 is 0 Å². The Labute approximate surface area is 181 Å². The van der Waals surface area contributed by atoms with Gasteiger partial charge in [-0.3, -0.25) is 9.36 Å². The number of benzene rings is 2. The SMILES string of the molecule is C=CCn1c(SCC(=O)Nc2cccc(C)c2)nnc1C(C)Oc1ccc(C)cc1. The van der Waals surface area contributed by atoms with Gasteiger partial charge in [0.05, 0.1) is 5.75 Å². The van der Waals surface area contributed by atoms with Crippen LogP contribution in [0.25, 0.3) is 0 Å². The van der Waals surface area contributed by atoms with E-state index >= 15 is 0 Å². The van der Waals surface area contributed by atoms with Gasteiger partial charge in [-0.25, -0.2) is 0 Å². The van der Waals surface area contributed by atoms with E-state index in [2.05, 4.69) is 22.1 Å². The predicted octanol–water partition coefficient (Wildman–Crippen LogP) is 4.95. The fraction of sp³-hybridized carbons (Fsp3) is 0.261. The monoisotopic (exact) mass is 422 g/mol. The molecular weight excluding hydrogens is 396 g/mol. The predicted molar refractivity (Wildman–Crippen MR) is 121 cm³/mol. The molecule has 1 aromatic heterocycles. The first-order chi connectivity index (χ1) is 14.5. The van der Waals surface area contributed by atoms with Crippen LogP contribution in [-0.4, -0.2) is 26.4 Å². The number of carbonyl (C=O) groups is 1. The second kappa shape index (κ2) is 10.1. The van der Waals surface area contributed by atoms with Gasteiger partial charge in [0, 0.05) is 12.2 Å². The first-order valence-corrected chi connectivity index (χ1v) is 10.7. The van der Waals surface area contributed by atoms with E-state index in [-0.39, 0.29) is 17.8 Å². The summed E-state index contributed by atoms with van der Waals surface area (Å²) in [4.78, 5) is 12.3. The number of amides is 1. The molecule has 156 valence electrons. The Hall–Kier alpha value is -3.06. The van der Waals surface area contributed by atoms with Crippen LogP contribution in [0.4, 0.5) is 5.69 Å². The molecule has 7 heteroatoms. The maximum absolute atomic E-state index is 12.3. The lowest BCUT2D eigenvalue weighted by Gasteiger charge is -2.16. The highest BCUT2D eigenvalue weighted by molar-refractivity contribution is 7.99. The van der Waals surface area contributed by atoms with Crippen molar-refractivity contribution in [2.24, 2.45) is 0 Å². The fourth-order valence-corrected chi connectivity index (χ4v) is 3.69. The summed E-state index contributed by atoms with van der Waals surface area (Å²) in [6, 6.07) is 15.6. The van der Waals surface area contributed by atoms with Crippen molar-refractivity contribution in [1.29, 1.82) is 0 Å². The van der Waals surface area contributed by atoms with E-state index < -0.39 is 0 Å². The summed E-state index contributed by atoms with van der Waals surface area (Å²) in [7, 11) is 0. The molecule has 0 fully saturated rings. The topological polar surface area (TPSA) is 69.0 Å². The van der Waals surface area contributed by atoms with Crippen molar-refractivity contribution in [3.8, 4) is 5.75 Å². The highest BCUT2D eigenvalue weighted by atomic mass is 32.2. The van der Waals surface area contributed by atoms with E-state index in [9.17, 15) is 4.79 Å². The van der Waals surface area contributed by atoms with Crippen LogP contribution in [0.2, 0.25) is 0 Å². The quantitative estimate of drug-likeness (QED) is 0.390. The highest BCUT2D eigenvalue weighted by Gasteiger charge is 2.19. The third-order valence-corrected chi connectivity index (χ3v) is 5.36. The van der Waals surface area contributed by atoms with Gasteiger partial charge in [0.2, 0.25) is 5.91 Å². The van der Waals surface area contributed by atoms with Crippen molar-refractivity contribution < 1.29 is 9.53 Å². The summed E-state index contributed by atoms with van der Waals surface area (Å²) >= 11 is 1.34. The molecular formula is C23H26N4O2S. The maximum Gasteiger partial charge on any atom is 0.234 e. The van der Waals surface area contributed by atoms with E-state index in [1.54, 1.807) is 6.08 Å². The van der Waals surface area contributed by atoms with Gasteiger partial charge in [0.1, 0.15) is 5.75 Å². The van der Waals surface area contributed by atoms with Gasteiger partial charge in [0.15, 0.2) is 17.1 Å².